The Bertz CT molecular complexity index is 827. The average Bonchev–Trinajstić information content (AvgIpc) is 3.36. The number of hydrogen-bond donors (Lipinski definition) is 1. The molecule has 166 valence electrons. The summed E-state index contributed by atoms with van der Waals surface area (Å²) >= 11 is 0. The number of nitrogens with zero attached hydrogens (tertiary/aromatic N) is 2. The van der Waals surface area contributed by atoms with Crippen LogP contribution in [-0.2, 0) is 16.9 Å². The number of ketones is 1. The normalized spacial score (nSPS) is 20.7. The van der Waals surface area contributed by atoms with Crippen LogP contribution in [-0.4, -0.2) is 53.4 Å². The first-order valence-corrected chi connectivity index (χ1v) is 11.8. The molecule has 2 aromatic rings. The van der Waals surface area contributed by atoms with Gasteiger partial charge in [-0.2, -0.15) is 0 Å². The molecule has 1 unspecified atom stereocenters. The number of aliphatic hydroxyl groups is 1. The van der Waals surface area contributed by atoms with E-state index in [0.717, 1.165) is 63.7 Å². The van der Waals surface area contributed by atoms with E-state index in [2.05, 4.69) is 47.2 Å². The van der Waals surface area contributed by atoms with Crippen LogP contribution in [0, 0.1) is 5.92 Å². The van der Waals surface area contributed by atoms with Gasteiger partial charge in [0.05, 0.1) is 6.54 Å². The van der Waals surface area contributed by atoms with Crippen molar-refractivity contribution < 1.29 is 9.90 Å². The van der Waals surface area contributed by atoms with Gasteiger partial charge in [-0.05, 0) is 62.9 Å². The number of rotatable bonds is 8. The van der Waals surface area contributed by atoms with Crippen molar-refractivity contribution in [2.24, 2.45) is 5.92 Å². The Morgan fingerprint density at radius 3 is 2.16 bits per heavy atom. The zero-order chi connectivity index (χ0) is 21.7. The number of piperidine rings is 1. The SMILES string of the molecule is CN(CC(=O)C(O)(c1ccccc1)C1CCCC1)C1CCN(Cc2ccccc2)CC1. The fourth-order valence-corrected chi connectivity index (χ4v) is 5.50. The van der Waals surface area contributed by atoms with Crippen molar-refractivity contribution in [2.75, 3.05) is 26.7 Å². The quantitative estimate of drug-likeness (QED) is 0.694. The molecule has 1 aliphatic carbocycles. The summed E-state index contributed by atoms with van der Waals surface area (Å²) in [5, 5.41) is 11.7. The molecular weight excluding hydrogens is 384 g/mol. The fourth-order valence-electron chi connectivity index (χ4n) is 5.50. The molecule has 0 aromatic heterocycles. The highest BCUT2D eigenvalue weighted by molar-refractivity contribution is 5.90. The zero-order valence-corrected chi connectivity index (χ0v) is 18.7. The second kappa shape index (κ2) is 10.1. The van der Waals surface area contributed by atoms with Gasteiger partial charge in [-0.15, -0.1) is 0 Å². The lowest BCUT2D eigenvalue weighted by Gasteiger charge is -2.39. The molecule has 0 bridgehead atoms. The largest absolute Gasteiger partial charge is 0.377 e. The average molecular weight is 421 g/mol. The van der Waals surface area contributed by atoms with Gasteiger partial charge >= 0.3 is 0 Å². The van der Waals surface area contributed by atoms with Crippen molar-refractivity contribution in [1.82, 2.24) is 9.80 Å². The van der Waals surface area contributed by atoms with Crippen molar-refractivity contribution in [3.8, 4) is 0 Å². The highest BCUT2D eigenvalue weighted by Gasteiger charge is 2.46. The van der Waals surface area contributed by atoms with E-state index in [4.69, 9.17) is 0 Å². The molecule has 4 nitrogen and oxygen atoms in total. The lowest BCUT2D eigenvalue weighted by atomic mass is 9.76. The summed E-state index contributed by atoms with van der Waals surface area (Å²) in [6.07, 6.45) is 6.18. The minimum Gasteiger partial charge on any atom is -0.377 e. The number of benzene rings is 2. The topological polar surface area (TPSA) is 43.8 Å². The zero-order valence-electron chi connectivity index (χ0n) is 18.7. The number of carbonyl (C=O) groups is 1. The molecule has 4 heteroatoms. The summed E-state index contributed by atoms with van der Waals surface area (Å²) in [6.45, 7) is 3.39. The van der Waals surface area contributed by atoms with Crippen LogP contribution in [0.5, 0.6) is 0 Å². The second-order valence-corrected chi connectivity index (χ2v) is 9.44. The molecule has 1 N–H and O–H groups in total. The van der Waals surface area contributed by atoms with E-state index in [1.807, 2.05) is 30.3 Å². The molecule has 1 saturated heterocycles. The van der Waals surface area contributed by atoms with Gasteiger partial charge in [0.2, 0.25) is 0 Å². The number of carbonyl (C=O) groups excluding carboxylic acids is 1. The minimum atomic E-state index is -1.36. The maximum absolute atomic E-state index is 13.5. The van der Waals surface area contributed by atoms with E-state index in [0.29, 0.717) is 12.6 Å². The van der Waals surface area contributed by atoms with Gasteiger partial charge in [0.25, 0.3) is 0 Å². The predicted molar refractivity (Wildman–Crippen MR) is 125 cm³/mol. The minimum absolute atomic E-state index is 0.0310. The van der Waals surface area contributed by atoms with Gasteiger partial charge in [0.1, 0.15) is 0 Å². The van der Waals surface area contributed by atoms with Gasteiger partial charge in [-0.25, -0.2) is 0 Å². The molecule has 1 atom stereocenters. The molecule has 4 rings (SSSR count). The van der Waals surface area contributed by atoms with Crippen molar-refractivity contribution in [3.63, 3.8) is 0 Å². The van der Waals surface area contributed by atoms with Crippen molar-refractivity contribution in [1.29, 1.82) is 0 Å². The maximum Gasteiger partial charge on any atom is 0.183 e. The monoisotopic (exact) mass is 420 g/mol. The molecule has 31 heavy (non-hydrogen) atoms. The highest BCUT2D eigenvalue weighted by Crippen LogP contribution is 2.41. The molecule has 0 spiro atoms. The standard InChI is InChI=1S/C27H36N2O2/c1-28(25-16-18-29(19-17-25)20-22-10-4-2-5-11-22)21-26(30)27(31,24-14-8-9-15-24)23-12-6-3-7-13-23/h2-7,10-13,24-25,31H,8-9,14-21H2,1H3. The van der Waals surface area contributed by atoms with E-state index >= 15 is 0 Å². The van der Waals surface area contributed by atoms with Crippen molar-refractivity contribution >= 4 is 5.78 Å². The maximum atomic E-state index is 13.5. The Hall–Kier alpha value is -2.01. The molecule has 0 radical (unpaired) electrons. The Balaban J connectivity index is 1.37. The Labute approximate surface area is 186 Å². The summed E-state index contributed by atoms with van der Waals surface area (Å²) in [7, 11) is 2.05. The molecule has 2 aliphatic rings. The van der Waals surface area contributed by atoms with Gasteiger partial charge in [-0.3, -0.25) is 14.6 Å². The van der Waals surface area contributed by atoms with Crippen molar-refractivity contribution in [3.05, 3.63) is 71.8 Å². The van der Waals surface area contributed by atoms with E-state index in [1.54, 1.807) is 0 Å². The van der Waals surface area contributed by atoms with Crippen LogP contribution in [0.3, 0.4) is 0 Å². The summed E-state index contributed by atoms with van der Waals surface area (Å²) in [4.78, 5) is 18.2. The van der Waals surface area contributed by atoms with Crippen LogP contribution >= 0.6 is 0 Å². The lowest BCUT2D eigenvalue weighted by Crippen LogP contribution is -2.50. The Morgan fingerprint density at radius 2 is 1.55 bits per heavy atom. The predicted octanol–water partition coefficient (Wildman–Crippen LogP) is 4.23. The van der Waals surface area contributed by atoms with Crippen LogP contribution < -0.4 is 0 Å². The van der Waals surface area contributed by atoms with E-state index < -0.39 is 5.60 Å². The first-order chi connectivity index (χ1) is 15.1. The van der Waals surface area contributed by atoms with Gasteiger partial charge in [0.15, 0.2) is 11.4 Å². The van der Waals surface area contributed by atoms with Crippen molar-refractivity contribution in [2.45, 2.75) is 56.7 Å². The molecular formula is C27H36N2O2. The van der Waals surface area contributed by atoms with E-state index in [1.165, 1.54) is 5.56 Å². The Morgan fingerprint density at radius 1 is 0.968 bits per heavy atom. The second-order valence-electron chi connectivity index (χ2n) is 9.44. The van der Waals surface area contributed by atoms with Crippen LogP contribution in [0.15, 0.2) is 60.7 Å². The fraction of sp³-hybridized carbons (Fsp3) is 0.519. The molecule has 2 fully saturated rings. The number of likely N-dealkylation sites (N-methyl/N-ethyl adjacent to an activating group) is 1. The number of hydrogen-bond acceptors (Lipinski definition) is 4. The van der Waals surface area contributed by atoms with E-state index in [9.17, 15) is 9.90 Å². The third-order valence-corrected chi connectivity index (χ3v) is 7.41. The molecule has 0 amide bonds. The van der Waals surface area contributed by atoms with E-state index in [-0.39, 0.29) is 11.7 Å². The van der Waals surface area contributed by atoms with Gasteiger partial charge in [0, 0.05) is 12.6 Å². The molecule has 1 aliphatic heterocycles. The summed E-state index contributed by atoms with van der Waals surface area (Å²) in [5.41, 5.74) is 0.756. The first-order valence-electron chi connectivity index (χ1n) is 11.8. The number of Topliss-reactive ketones (excluding diaryl/α,β-unsaturated/α-hetero) is 1. The third-order valence-electron chi connectivity index (χ3n) is 7.41. The van der Waals surface area contributed by atoms with Gasteiger partial charge < -0.3 is 5.11 Å². The van der Waals surface area contributed by atoms with Crippen LogP contribution in [0.25, 0.3) is 0 Å². The molecule has 1 saturated carbocycles. The van der Waals surface area contributed by atoms with Gasteiger partial charge in [-0.1, -0.05) is 73.5 Å². The number of likely N-dealkylation sites (tertiary alicyclic amines) is 1. The Kier molecular flexibility index (Phi) is 7.21. The summed E-state index contributed by atoms with van der Waals surface area (Å²) < 4.78 is 0. The summed E-state index contributed by atoms with van der Waals surface area (Å²) in [6, 6.07) is 20.6. The smallest absolute Gasteiger partial charge is 0.183 e. The first kappa shape index (κ1) is 22.2. The lowest BCUT2D eigenvalue weighted by molar-refractivity contribution is -0.146. The van der Waals surface area contributed by atoms with Crippen LogP contribution in [0.2, 0.25) is 0 Å². The van der Waals surface area contributed by atoms with Crippen LogP contribution in [0.4, 0.5) is 0 Å². The summed E-state index contributed by atoms with van der Waals surface area (Å²) in [5.74, 6) is -0.0108. The molecule has 1 heterocycles. The molecule has 2 aromatic carbocycles. The highest BCUT2D eigenvalue weighted by atomic mass is 16.3. The van der Waals surface area contributed by atoms with Crippen LogP contribution in [0.1, 0.15) is 49.7 Å². The third kappa shape index (κ3) is 5.08.